The van der Waals surface area contributed by atoms with E-state index in [9.17, 15) is 14.4 Å². The maximum atomic E-state index is 12.2. The Morgan fingerprint density at radius 2 is 1.85 bits per heavy atom. The molecule has 0 spiro atoms. The number of carboxylic acids is 1. The van der Waals surface area contributed by atoms with Gasteiger partial charge >= 0.3 is 11.9 Å². The number of benzene rings is 1. The van der Waals surface area contributed by atoms with E-state index in [2.05, 4.69) is 18.5 Å². The van der Waals surface area contributed by atoms with Gasteiger partial charge in [0.05, 0.1) is 18.4 Å². The van der Waals surface area contributed by atoms with Crippen LogP contribution in [0.5, 0.6) is 0 Å². The number of rotatable bonds is 12. The smallest absolute Gasteiger partial charge is 0.309 e. The number of carbonyl (C=O) groups is 3. The largest absolute Gasteiger partial charge is 0.481 e. The highest BCUT2D eigenvalue weighted by atomic mass is 16.5. The van der Waals surface area contributed by atoms with Crippen LogP contribution in [0.15, 0.2) is 55.6 Å². The molecule has 26 heavy (non-hydrogen) atoms. The molecule has 0 aliphatic rings. The summed E-state index contributed by atoms with van der Waals surface area (Å²) in [6.45, 7) is 7.05. The molecule has 0 aliphatic carbocycles. The summed E-state index contributed by atoms with van der Waals surface area (Å²) in [4.78, 5) is 35.1. The van der Waals surface area contributed by atoms with Gasteiger partial charge in [0.15, 0.2) is 0 Å². The van der Waals surface area contributed by atoms with Gasteiger partial charge in [-0.3, -0.25) is 14.4 Å². The van der Waals surface area contributed by atoms with Gasteiger partial charge in [0.25, 0.3) is 0 Å². The summed E-state index contributed by atoms with van der Waals surface area (Å²) in [6.07, 6.45) is 3.87. The second kappa shape index (κ2) is 11.6. The van der Waals surface area contributed by atoms with Crippen molar-refractivity contribution in [3.63, 3.8) is 0 Å². The number of carboxylic acid groups (broad SMARTS) is 1. The molecule has 0 heterocycles. The summed E-state index contributed by atoms with van der Waals surface area (Å²) in [5.41, 5.74) is 0.797. The summed E-state index contributed by atoms with van der Waals surface area (Å²) in [7, 11) is 0. The van der Waals surface area contributed by atoms with E-state index >= 15 is 0 Å². The van der Waals surface area contributed by atoms with Gasteiger partial charge in [-0.15, -0.1) is 13.2 Å². The number of hydrogen-bond donors (Lipinski definition) is 2. The zero-order valence-corrected chi connectivity index (χ0v) is 14.7. The molecule has 0 aromatic heterocycles. The Morgan fingerprint density at radius 3 is 2.42 bits per heavy atom. The Labute approximate surface area is 153 Å². The van der Waals surface area contributed by atoms with Crippen molar-refractivity contribution < 1.29 is 24.2 Å². The third kappa shape index (κ3) is 7.79. The maximum Gasteiger partial charge on any atom is 0.309 e. The molecule has 0 saturated carbocycles. The minimum absolute atomic E-state index is 0.0735. The first kappa shape index (κ1) is 21.2. The lowest BCUT2D eigenvalue weighted by Crippen LogP contribution is -2.33. The van der Waals surface area contributed by atoms with E-state index in [0.29, 0.717) is 12.8 Å². The SMILES string of the molecule is C=CCCC(=O)NC(COC(=O)C(CC=C)CC(=O)O)c1ccccc1. The van der Waals surface area contributed by atoms with E-state index in [0.717, 1.165) is 5.56 Å². The van der Waals surface area contributed by atoms with Crippen molar-refractivity contribution >= 4 is 17.8 Å². The molecular formula is C20H25NO5. The van der Waals surface area contributed by atoms with Crippen LogP contribution < -0.4 is 5.32 Å². The van der Waals surface area contributed by atoms with E-state index in [1.165, 1.54) is 6.08 Å². The molecule has 140 valence electrons. The first-order valence-corrected chi connectivity index (χ1v) is 8.42. The summed E-state index contributed by atoms with van der Waals surface area (Å²) < 4.78 is 5.29. The average Bonchev–Trinajstić information content (AvgIpc) is 2.63. The van der Waals surface area contributed by atoms with Gasteiger partial charge in [-0.05, 0) is 18.4 Å². The zero-order chi connectivity index (χ0) is 19.4. The Kier molecular flexibility index (Phi) is 9.46. The molecule has 0 saturated heterocycles. The van der Waals surface area contributed by atoms with Crippen LogP contribution in [-0.4, -0.2) is 29.6 Å². The average molecular weight is 359 g/mol. The van der Waals surface area contributed by atoms with Crippen LogP contribution in [0, 0.1) is 5.92 Å². The molecule has 6 nitrogen and oxygen atoms in total. The minimum Gasteiger partial charge on any atom is -0.481 e. The van der Waals surface area contributed by atoms with Crippen molar-refractivity contribution in [2.24, 2.45) is 5.92 Å². The number of nitrogens with one attached hydrogen (secondary N) is 1. The van der Waals surface area contributed by atoms with E-state index < -0.39 is 23.9 Å². The van der Waals surface area contributed by atoms with Crippen LogP contribution in [0.3, 0.4) is 0 Å². The second-order valence-electron chi connectivity index (χ2n) is 5.81. The van der Waals surface area contributed by atoms with Crippen LogP contribution in [0.4, 0.5) is 0 Å². The lowest BCUT2D eigenvalue weighted by molar-refractivity contribution is -0.153. The van der Waals surface area contributed by atoms with Crippen molar-refractivity contribution in [1.82, 2.24) is 5.32 Å². The first-order valence-electron chi connectivity index (χ1n) is 8.42. The van der Waals surface area contributed by atoms with Gasteiger partial charge < -0.3 is 15.2 Å². The molecule has 1 aromatic rings. The Hall–Kier alpha value is -2.89. The quantitative estimate of drug-likeness (QED) is 0.442. The molecule has 0 fully saturated rings. The van der Waals surface area contributed by atoms with E-state index in [-0.39, 0.29) is 25.4 Å². The van der Waals surface area contributed by atoms with Crippen molar-refractivity contribution in [1.29, 1.82) is 0 Å². The van der Waals surface area contributed by atoms with Crippen LogP contribution in [0.2, 0.25) is 0 Å². The molecule has 6 heteroatoms. The van der Waals surface area contributed by atoms with E-state index in [4.69, 9.17) is 9.84 Å². The number of allylic oxidation sites excluding steroid dienone is 2. The summed E-state index contributed by atoms with van der Waals surface area (Å²) in [6, 6.07) is 8.64. The Bertz CT molecular complexity index is 626. The molecule has 1 aromatic carbocycles. The predicted molar refractivity (Wildman–Crippen MR) is 98.3 cm³/mol. The van der Waals surface area contributed by atoms with E-state index in [1.54, 1.807) is 6.08 Å². The molecule has 1 rings (SSSR count). The lowest BCUT2D eigenvalue weighted by Gasteiger charge is -2.21. The highest BCUT2D eigenvalue weighted by molar-refractivity contribution is 5.79. The third-order valence-corrected chi connectivity index (χ3v) is 3.71. The van der Waals surface area contributed by atoms with Gasteiger partial charge in [-0.1, -0.05) is 42.5 Å². The van der Waals surface area contributed by atoms with Crippen LogP contribution in [0.1, 0.15) is 37.3 Å². The normalized spacial score (nSPS) is 12.5. The predicted octanol–water partition coefficient (Wildman–Crippen LogP) is 3.02. The summed E-state index contributed by atoms with van der Waals surface area (Å²) in [5.74, 6) is -2.67. The highest BCUT2D eigenvalue weighted by Crippen LogP contribution is 2.17. The summed E-state index contributed by atoms with van der Waals surface area (Å²) >= 11 is 0. The van der Waals surface area contributed by atoms with Crippen molar-refractivity contribution in [3.8, 4) is 0 Å². The fourth-order valence-corrected chi connectivity index (χ4v) is 2.36. The molecule has 0 bridgehead atoms. The van der Waals surface area contributed by atoms with Gasteiger partial charge in [-0.25, -0.2) is 0 Å². The lowest BCUT2D eigenvalue weighted by atomic mass is 10.0. The van der Waals surface area contributed by atoms with Gasteiger partial charge in [0, 0.05) is 6.42 Å². The minimum atomic E-state index is -1.08. The van der Waals surface area contributed by atoms with Crippen molar-refractivity contribution in [2.75, 3.05) is 6.61 Å². The fraction of sp³-hybridized carbons (Fsp3) is 0.350. The van der Waals surface area contributed by atoms with Crippen molar-refractivity contribution in [2.45, 2.75) is 31.7 Å². The topological polar surface area (TPSA) is 92.7 Å². The highest BCUT2D eigenvalue weighted by Gasteiger charge is 2.24. The molecule has 0 aliphatic heterocycles. The van der Waals surface area contributed by atoms with Gasteiger partial charge in [-0.2, -0.15) is 0 Å². The fourth-order valence-electron chi connectivity index (χ4n) is 2.36. The van der Waals surface area contributed by atoms with Crippen LogP contribution in [0.25, 0.3) is 0 Å². The molecule has 0 radical (unpaired) electrons. The molecule has 2 unspecified atom stereocenters. The van der Waals surface area contributed by atoms with Crippen molar-refractivity contribution in [3.05, 3.63) is 61.2 Å². The Morgan fingerprint density at radius 1 is 1.15 bits per heavy atom. The van der Waals surface area contributed by atoms with Gasteiger partial charge in [0.1, 0.15) is 6.61 Å². The maximum absolute atomic E-state index is 12.2. The third-order valence-electron chi connectivity index (χ3n) is 3.71. The number of ether oxygens (including phenoxy) is 1. The van der Waals surface area contributed by atoms with Crippen LogP contribution in [-0.2, 0) is 19.1 Å². The molecular weight excluding hydrogens is 334 g/mol. The first-order chi connectivity index (χ1) is 12.5. The molecule has 2 N–H and O–H groups in total. The van der Waals surface area contributed by atoms with Crippen LogP contribution >= 0.6 is 0 Å². The summed E-state index contributed by atoms with van der Waals surface area (Å²) in [5, 5.41) is 11.7. The monoisotopic (exact) mass is 359 g/mol. The number of esters is 1. The number of hydrogen-bond acceptors (Lipinski definition) is 4. The standard InChI is InChI=1S/C20H25NO5/c1-3-5-12-18(22)21-17(15-10-7-6-8-11-15)14-26-20(25)16(9-4-2)13-19(23)24/h3-4,6-8,10-11,16-17H,1-2,5,9,12-14H2,(H,21,22)(H,23,24). The van der Waals surface area contributed by atoms with Gasteiger partial charge in [0.2, 0.25) is 5.91 Å². The number of aliphatic carboxylic acids is 1. The molecule has 1 amide bonds. The Balaban J connectivity index is 2.76. The van der Waals surface area contributed by atoms with E-state index in [1.807, 2.05) is 30.3 Å². The number of amides is 1. The second-order valence-corrected chi connectivity index (χ2v) is 5.81. The zero-order valence-electron chi connectivity index (χ0n) is 14.7. The number of carbonyl (C=O) groups excluding carboxylic acids is 2. The molecule has 2 atom stereocenters.